The largest absolute Gasteiger partial charge is 0.465 e. The number of hydrogen-bond donors (Lipinski definition) is 2. The smallest absolute Gasteiger partial charge is 0.407 e. The lowest BCUT2D eigenvalue weighted by Crippen LogP contribution is -2.27. The highest BCUT2D eigenvalue weighted by Gasteiger charge is 2.33. The van der Waals surface area contributed by atoms with E-state index in [1.54, 1.807) is 0 Å². The Hall–Kier alpha value is -1.20. The van der Waals surface area contributed by atoms with Crippen molar-refractivity contribution in [2.45, 2.75) is 24.7 Å². The lowest BCUT2D eigenvalue weighted by molar-refractivity contribution is 0.129. The quantitative estimate of drug-likeness (QED) is 0.792. The van der Waals surface area contributed by atoms with Gasteiger partial charge in [-0.3, -0.25) is 0 Å². The molecule has 0 radical (unpaired) electrons. The van der Waals surface area contributed by atoms with Gasteiger partial charge in [0.25, 0.3) is 0 Å². The first-order valence-corrected chi connectivity index (χ1v) is 8.10. The van der Waals surface area contributed by atoms with Crippen molar-refractivity contribution >= 4 is 17.9 Å². The van der Waals surface area contributed by atoms with Gasteiger partial charge in [0, 0.05) is 18.2 Å². The van der Waals surface area contributed by atoms with Crippen LogP contribution in [0.3, 0.4) is 0 Å². The Bertz CT molecular complexity index is 426. The van der Waals surface area contributed by atoms with Crippen LogP contribution in [0.4, 0.5) is 4.79 Å². The van der Waals surface area contributed by atoms with Crippen molar-refractivity contribution in [1.82, 2.24) is 4.90 Å². The number of rotatable bonds is 6. The molecule has 0 saturated carbocycles. The van der Waals surface area contributed by atoms with Gasteiger partial charge in [-0.15, -0.1) is 0 Å². The molecule has 1 aromatic rings. The number of aliphatic hydroxyl groups is 1. The number of amides is 1. The molecule has 0 aliphatic carbocycles. The first-order chi connectivity index (χ1) is 9.66. The second-order valence-corrected chi connectivity index (χ2v) is 6.30. The van der Waals surface area contributed by atoms with Crippen molar-refractivity contribution in [1.29, 1.82) is 0 Å². The minimum absolute atomic E-state index is 0.100. The Morgan fingerprint density at radius 1 is 1.30 bits per heavy atom. The highest BCUT2D eigenvalue weighted by Crippen LogP contribution is 2.23. The number of aliphatic hydroxyl groups excluding tert-OH is 1. The minimum Gasteiger partial charge on any atom is -0.465 e. The van der Waals surface area contributed by atoms with Crippen molar-refractivity contribution in [3.63, 3.8) is 0 Å². The van der Waals surface area contributed by atoms with E-state index < -0.39 is 12.2 Å². The number of nitrogens with zero attached hydrogens (tertiary/aromatic N) is 1. The molecule has 4 nitrogen and oxygen atoms in total. The molecular formula is C15H21NO3S. The van der Waals surface area contributed by atoms with Crippen molar-refractivity contribution in [3.8, 4) is 0 Å². The van der Waals surface area contributed by atoms with E-state index in [-0.39, 0.29) is 12.5 Å². The van der Waals surface area contributed by atoms with Crippen LogP contribution in [0.25, 0.3) is 0 Å². The second kappa shape index (κ2) is 7.55. The molecule has 0 spiro atoms. The number of carboxylic acid groups (broad SMARTS) is 1. The number of β-amino-alcohol motifs (C(OH)–C–C–N with tert-alkyl or cyclic N) is 1. The molecule has 1 saturated heterocycles. The summed E-state index contributed by atoms with van der Waals surface area (Å²) in [5.74, 6) is 2.16. The van der Waals surface area contributed by atoms with E-state index >= 15 is 0 Å². The van der Waals surface area contributed by atoms with Gasteiger partial charge in [0.2, 0.25) is 0 Å². The molecule has 20 heavy (non-hydrogen) atoms. The summed E-state index contributed by atoms with van der Waals surface area (Å²) < 4.78 is 0. The fourth-order valence-corrected chi connectivity index (χ4v) is 3.45. The summed E-state index contributed by atoms with van der Waals surface area (Å²) in [6, 6.07) is 10.4. The van der Waals surface area contributed by atoms with Gasteiger partial charge in [0.1, 0.15) is 0 Å². The molecule has 1 aromatic carbocycles. The zero-order valence-corrected chi connectivity index (χ0v) is 12.3. The minimum atomic E-state index is -0.926. The number of thioether (sulfide) groups is 1. The van der Waals surface area contributed by atoms with Crippen LogP contribution in [0, 0.1) is 5.92 Å². The van der Waals surface area contributed by atoms with Gasteiger partial charge < -0.3 is 15.1 Å². The summed E-state index contributed by atoms with van der Waals surface area (Å²) >= 11 is 1.89. The van der Waals surface area contributed by atoms with Crippen LogP contribution >= 0.6 is 11.8 Å². The van der Waals surface area contributed by atoms with Crippen molar-refractivity contribution in [2.75, 3.05) is 18.8 Å². The third-order valence-corrected chi connectivity index (χ3v) is 4.77. The maximum Gasteiger partial charge on any atom is 0.407 e. The van der Waals surface area contributed by atoms with E-state index in [1.807, 2.05) is 30.0 Å². The number of hydrogen-bond acceptors (Lipinski definition) is 3. The molecule has 2 N–H and O–H groups in total. The van der Waals surface area contributed by atoms with Crippen LogP contribution < -0.4 is 0 Å². The predicted octanol–water partition coefficient (Wildman–Crippen LogP) is 2.67. The SMILES string of the molecule is O=C(O)N1C[C@H](CCCSCc2ccccc2)[C@@H](O)C1. The Morgan fingerprint density at radius 2 is 2.05 bits per heavy atom. The molecule has 5 heteroatoms. The van der Waals surface area contributed by atoms with Crippen LogP contribution in [-0.2, 0) is 5.75 Å². The molecule has 2 rings (SSSR count). The lowest BCUT2D eigenvalue weighted by atomic mass is 10.0. The van der Waals surface area contributed by atoms with Crippen molar-refractivity contribution in [2.24, 2.45) is 5.92 Å². The van der Waals surface area contributed by atoms with E-state index in [0.29, 0.717) is 6.54 Å². The first kappa shape index (κ1) is 15.2. The third-order valence-electron chi connectivity index (χ3n) is 3.65. The van der Waals surface area contributed by atoms with Crippen LogP contribution in [0.1, 0.15) is 18.4 Å². The number of likely N-dealkylation sites (tertiary alicyclic amines) is 1. The average Bonchev–Trinajstić information content (AvgIpc) is 2.81. The van der Waals surface area contributed by atoms with E-state index in [4.69, 9.17) is 5.11 Å². The summed E-state index contributed by atoms with van der Waals surface area (Å²) in [6.07, 6.45) is 0.495. The molecule has 1 aliphatic heterocycles. The van der Waals surface area contributed by atoms with Crippen LogP contribution in [-0.4, -0.2) is 46.2 Å². The van der Waals surface area contributed by atoms with Crippen LogP contribution in [0.2, 0.25) is 0 Å². The summed E-state index contributed by atoms with van der Waals surface area (Å²) in [5, 5.41) is 18.7. The van der Waals surface area contributed by atoms with E-state index in [9.17, 15) is 9.90 Å². The van der Waals surface area contributed by atoms with Gasteiger partial charge in [-0.05, 0) is 24.2 Å². The standard InChI is InChI=1S/C15H21NO3S/c17-14-10-16(15(18)19)9-13(14)7-4-8-20-11-12-5-2-1-3-6-12/h1-3,5-6,13-14,17H,4,7-11H2,(H,18,19)/t13-,14-/m0/s1. The van der Waals surface area contributed by atoms with Crippen molar-refractivity contribution in [3.05, 3.63) is 35.9 Å². The molecule has 0 aromatic heterocycles. The second-order valence-electron chi connectivity index (χ2n) is 5.20. The summed E-state index contributed by atoms with van der Waals surface area (Å²) in [6.45, 7) is 0.733. The van der Waals surface area contributed by atoms with E-state index in [1.165, 1.54) is 10.5 Å². The van der Waals surface area contributed by atoms with Gasteiger partial charge in [0.05, 0.1) is 12.6 Å². The summed E-state index contributed by atoms with van der Waals surface area (Å²) in [7, 11) is 0. The van der Waals surface area contributed by atoms with Gasteiger partial charge in [-0.25, -0.2) is 4.79 Å². The molecule has 0 bridgehead atoms. The zero-order chi connectivity index (χ0) is 14.4. The monoisotopic (exact) mass is 295 g/mol. The van der Waals surface area contributed by atoms with Crippen LogP contribution in [0.15, 0.2) is 30.3 Å². The highest BCUT2D eigenvalue weighted by atomic mass is 32.2. The molecule has 2 atom stereocenters. The molecular weight excluding hydrogens is 274 g/mol. The number of carbonyl (C=O) groups is 1. The van der Waals surface area contributed by atoms with Gasteiger partial charge in [-0.1, -0.05) is 30.3 Å². The molecule has 1 heterocycles. The lowest BCUT2D eigenvalue weighted by Gasteiger charge is -2.12. The third kappa shape index (κ3) is 4.42. The zero-order valence-electron chi connectivity index (χ0n) is 11.4. The van der Waals surface area contributed by atoms with Gasteiger partial charge in [0.15, 0.2) is 0 Å². The highest BCUT2D eigenvalue weighted by molar-refractivity contribution is 7.98. The molecule has 1 aliphatic rings. The van der Waals surface area contributed by atoms with Crippen molar-refractivity contribution < 1.29 is 15.0 Å². The molecule has 110 valence electrons. The maximum atomic E-state index is 10.8. The van der Waals surface area contributed by atoms with Gasteiger partial charge >= 0.3 is 6.09 Å². The summed E-state index contributed by atoms with van der Waals surface area (Å²) in [4.78, 5) is 12.1. The van der Waals surface area contributed by atoms with E-state index in [2.05, 4.69) is 12.1 Å². The fourth-order valence-electron chi connectivity index (χ4n) is 2.51. The number of benzene rings is 1. The summed E-state index contributed by atoms with van der Waals surface area (Å²) in [5.41, 5.74) is 1.33. The fraction of sp³-hybridized carbons (Fsp3) is 0.533. The Morgan fingerprint density at radius 3 is 2.70 bits per heavy atom. The molecule has 1 amide bonds. The topological polar surface area (TPSA) is 60.8 Å². The van der Waals surface area contributed by atoms with Gasteiger partial charge in [-0.2, -0.15) is 11.8 Å². The molecule has 0 unspecified atom stereocenters. The Labute approximate surface area is 123 Å². The first-order valence-electron chi connectivity index (χ1n) is 6.94. The predicted molar refractivity (Wildman–Crippen MR) is 80.9 cm³/mol. The van der Waals surface area contributed by atoms with Crippen LogP contribution in [0.5, 0.6) is 0 Å². The Balaban J connectivity index is 1.61. The van der Waals surface area contributed by atoms with E-state index in [0.717, 1.165) is 24.3 Å². The normalized spacial score (nSPS) is 22.1. The average molecular weight is 295 g/mol. The Kier molecular flexibility index (Phi) is 5.73. The maximum absolute atomic E-state index is 10.8. The molecule has 1 fully saturated rings.